The molecule has 5 nitrogen and oxygen atoms in total. The molecule has 1 aromatic rings. The normalized spacial score (nSPS) is 10.1. The number of alkyl halides is 2. The number of nitrogens with zero attached hydrogens (tertiary/aromatic N) is 3. The van der Waals surface area contributed by atoms with Gasteiger partial charge < -0.3 is 0 Å². The molecule has 0 aliphatic heterocycles. The number of pyridine rings is 1. The fraction of sp³-hybridized carbons (Fsp3) is 0.143. The summed E-state index contributed by atoms with van der Waals surface area (Å²) in [4.78, 5) is 12.0. The van der Waals surface area contributed by atoms with Gasteiger partial charge in [-0.3, -0.25) is 15.1 Å². The molecule has 0 atom stereocenters. The number of aromatic nitrogens is 1. The van der Waals surface area contributed by atoms with Crippen LogP contribution in [-0.4, -0.2) is 9.91 Å². The Bertz CT molecular complexity index is 456. The summed E-state index contributed by atoms with van der Waals surface area (Å²) in [6, 6.07) is 1.14. The van der Waals surface area contributed by atoms with Gasteiger partial charge in [-0.25, -0.2) is 8.78 Å². The van der Waals surface area contributed by atoms with Crippen molar-refractivity contribution in [3.8, 4) is 6.07 Å². The lowest BCUT2D eigenvalue weighted by Gasteiger charge is -2.02. The summed E-state index contributed by atoms with van der Waals surface area (Å²) < 4.78 is 37.3. The smallest absolute Gasteiger partial charge is 0.258 e. The Balaban J connectivity index is 3.56. The van der Waals surface area contributed by atoms with Crippen LogP contribution >= 0.6 is 0 Å². The summed E-state index contributed by atoms with van der Waals surface area (Å²) in [6.07, 6.45) is -2.88. The Hall–Kier alpha value is -2.17. The second-order valence-corrected chi connectivity index (χ2v) is 2.38. The van der Waals surface area contributed by atoms with Gasteiger partial charge in [0.2, 0.25) is 5.82 Å². The van der Waals surface area contributed by atoms with Crippen molar-refractivity contribution in [3.63, 3.8) is 0 Å². The van der Waals surface area contributed by atoms with Gasteiger partial charge >= 0.3 is 5.69 Å². The highest BCUT2D eigenvalue weighted by Crippen LogP contribution is 2.29. The molecule has 0 aliphatic carbocycles. The first-order valence-corrected chi connectivity index (χ1v) is 3.50. The molecule has 1 heterocycles. The van der Waals surface area contributed by atoms with E-state index in [-0.39, 0.29) is 0 Å². The van der Waals surface area contributed by atoms with Crippen molar-refractivity contribution >= 4 is 5.69 Å². The van der Waals surface area contributed by atoms with E-state index in [1.165, 1.54) is 0 Å². The van der Waals surface area contributed by atoms with Crippen LogP contribution in [0, 0.1) is 27.3 Å². The monoisotopic (exact) mass is 217 g/mol. The molecular weight excluding hydrogens is 215 g/mol. The maximum atomic E-state index is 12.8. The Morgan fingerprint density at radius 3 is 2.60 bits per heavy atom. The predicted octanol–water partition coefficient (Wildman–Crippen LogP) is 1.94. The van der Waals surface area contributed by atoms with Crippen LogP contribution < -0.4 is 0 Å². The van der Waals surface area contributed by atoms with Crippen LogP contribution in [-0.2, 0) is 0 Å². The Kier molecular flexibility index (Phi) is 2.85. The van der Waals surface area contributed by atoms with Gasteiger partial charge in [0.25, 0.3) is 6.43 Å². The lowest BCUT2D eigenvalue weighted by atomic mass is 10.1. The predicted molar refractivity (Wildman–Crippen MR) is 40.5 cm³/mol. The van der Waals surface area contributed by atoms with Gasteiger partial charge in [-0.1, -0.05) is 0 Å². The molecule has 0 saturated heterocycles. The minimum Gasteiger partial charge on any atom is -0.258 e. The van der Waals surface area contributed by atoms with Crippen LogP contribution in [0.4, 0.5) is 18.9 Å². The van der Waals surface area contributed by atoms with Crippen LogP contribution in [0.2, 0.25) is 0 Å². The fourth-order valence-corrected chi connectivity index (χ4v) is 0.947. The molecule has 0 bridgehead atoms. The Labute approximate surface area is 80.9 Å². The van der Waals surface area contributed by atoms with Gasteiger partial charge in [0.15, 0.2) is 5.56 Å². The molecule has 0 radical (unpaired) electrons. The maximum absolute atomic E-state index is 12.8. The Morgan fingerprint density at radius 1 is 1.60 bits per heavy atom. The number of hydrogen-bond acceptors (Lipinski definition) is 4. The molecule has 0 spiro atoms. The van der Waals surface area contributed by atoms with E-state index in [0.29, 0.717) is 6.20 Å². The third-order valence-corrected chi connectivity index (χ3v) is 1.54. The van der Waals surface area contributed by atoms with E-state index in [0.717, 1.165) is 6.07 Å². The van der Waals surface area contributed by atoms with Gasteiger partial charge in [-0.15, -0.1) is 0 Å². The minimum absolute atomic E-state index is 0.292. The molecule has 15 heavy (non-hydrogen) atoms. The summed E-state index contributed by atoms with van der Waals surface area (Å²) >= 11 is 0. The summed E-state index contributed by atoms with van der Waals surface area (Å²) in [6.45, 7) is 0. The van der Waals surface area contributed by atoms with Gasteiger partial charge in [0.1, 0.15) is 11.8 Å². The summed E-state index contributed by atoms with van der Waals surface area (Å²) in [5.41, 5.74) is -3.41. The van der Waals surface area contributed by atoms with E-state index in [9.17, 15) is 23.3 Å². The van der Waals surface area contributed by atoms with Crippen LogP contribution in [0.5, 0.6) is 0 Å². The molecule has 1 rings (SSSR count). The average Bonchev–Trinajstić information content (AvgIpc) is 2.15. The fourth-order valence-electron chi connectivity index (χ4n) is 0.947. The molecule has 0 fully saturated rings. The van der Waals surface area contributed by atoms with Crippen LogP contribution in [0.1, 0.15) is 17.7 Å². The first kappa shape index (κ1) is 10.9. The third kappa shape index (κ3) is 1.85. The summed E-state index contributed by atoms with van der Waals surface area (Å²) in [5.74, 6) is -1.42. The summed E-state index contributed by atoms with van der Waals surface area (Å²) in [7, 11) is 0. The van der Waals surface area contributed by atoms with E-state index in [2.05, 4.69) is 4.98 Å². The van der Waals surface area contributed by atoms with Crippen molar-refractivity contribution in [3.05, 3.63) is 33.4 Å². The number of hydrogen-bond donors (Lipinski definition) is 0. The molecule has 0 N–H and O–H groups in total. The molecule has 0 amide bonds. The third-order valence-electron chi connectivity index (χ3n) is 1.54. The number of halogens is 3. The zero-order valence-electron chi connectivity index (χ0n) is 6.95. The van der Waals surface area contributed by atoms with E-state index >= 15 is 0 Å². The van der Waals surface area contributed by atoms with Crippen LogP contribution in [0.3, 0.4) is 0 Å². The highest BCUT2D eigenvalue weighted by atomic mass is 19.3. The lowest BCUT2D eigenvalue weighted by Crippen LogP contribution is -2.03. The van der Waals surface area contributed by atoms with E-state index in [1.807, 2.05) is 0 Å². The van der Waals surface area contributed by atoms with Crippen molar-refractivity contribution in [1.29, 1.82) is 5.26 Å². The molecule has 78 valence electrons. The summed E-state index contributed by atoms with van der Waals surface area (Å²) in [5, 5.41) is 18.7. The number of rotatable bonds is 2. The first-order valence-electron chi connectivity index (χ1n) is 3.50. The number of nitriles is 1. The second-order valence-electron chi connectivity index (χ2n) is 2.38. The van der Waals surface area contributed by atoms with Crippen LogP contribution in [0.25, 0.3) is 0 Å². The van der Waals surface area contributed by atoms with E-state index in [4.69, 9.17) is 5.26 Å². The highest BCUT2D eigenvalue weighted by molar-refractivity contribution is 5.51. The number of nitro groups is 1. The standard InChI is InChI=1S/C7H2F3N3O2/c8-4-2-12-5(7(9)10)3(1-11)6(4)13(14)15/h2,7H. The molecule has 0 aliphatic rings. The highest BCUT2D eigenvalue weighted by Gasteiger charge is 2.28. The lowest BCUT2D eigenvalue weighted by molar-refractivity contribution is -0.388. The molecular formula is C7H2F3N3O2. The largest absolute Gasteiger partial charge is 0.326 e. The van der Waals surface area contributed by atoms with E-state index in [1.54, 1.807) is 0 Å². The Morgan fingerprint density at radius 2 is 2.20 bits per heavy atom. The molecule has 0 saturated carbocycles. The topological polar surface area (TPSA) is 79.8 Å². The van der Waals surface area contributed by atoms with Crippen molar-refractivity contribution in [1.82, 2.24) is 4.98 Å². The van der Waals surface area contributed by atoms with Crippen molar-refractivity contribution < 1.29 is 18.1 Å². The quantitative estimate of drug-likeness (QED) is 0.560. The van der Waals surface area contributed by atoms with Gasteiger partial charge in [0, 0.05) is 0 Å². The molecule has 1 aromatic heterocycles. The van der Waals surface area contributed by atoms with Crippen molar-refractivity contribution in [2.75, 3.05) is 0 Å². The zero-order chi connectivity index (χ0) is 11.6. The molecule has 0 aromatic carbocycles. The molecule has 0 unspecified atom stereocenters. The SMILES string of the molecule is N#Cc1c(C(F)F)ncc(F)c1[N+](=O)[O-]. The molecule has 8 heteroatoms. The van der Waals surface area contributed by atoms with Gasteiger partial charge in [0.05, 0.1) is 11.1 Å². The second kappa shape index (κ2) is 3.91. The van der Waals surface area contributed by atoms with Crippen LogP contribution in [0.15, 0.2) is 6.20 Å². The average molecular weight is 217 g/mol. The van der Waals surface area contributed by atoms with Crippen molar-refractivity contribution in [2.45, 2.75) is 6.43 Å². The first-order chi connectivity index (χ1) is 6.99. The van der Waals surface area contributed by atoms with Gasteiger partial charge in [-0.2, -0.15) is 9.65 Å². The minimum atomic E-state index is -3.17. The van der Waals surface area contributed by atoms with Gasteiger partial charge in [-0.05, 0) is 0 Å². The van der Waals surface area contributed by atoms with E-state index < -0.39 is 34.1 Å². The van der Waals surface area contributed by atoms with Crippen molar-refractivity contribution in [2.24, 2.45) is 0 Å². The zero-order valence-corrected chi connectivity index (χ0v) is 6.95. The maximum Gasteiger partial charge on any atom is 0.326 e.